The van der Waals surface area contributed by atoms with E-state index in [0.717, 1.165) is 11.3 Å². The SMILES string of the molecule is O=C(COC(=O)c1ccccc1NS(=O)(=O)c1cccs1)Nc1ccccc1Br. The van der Waals surface area contributed by atoms with Gasteiger partial charge in [0, 0.05) is 4.47 Å². The number of halogens is 1. The summed E-state index contributed by atoms with van der Waals surface area (Å²) < 4.78 is 33.1. The summed E-state index contributed by atoms with van der Waals surface area (Å²) in [7, 11) is -3.83. The van der Waals surface area contributed by atoms with Gasteiger partial charge in [-0.3, -0.25) is 9.52 Å². The molecule has 29 heavy (non-hydrogen) atoms. The highest BCUT2D eigenvalue weighted by Crippen LogP contribution is 2.24. The van der Waals surface area contributed by atoms with Crippen LogP contribution in [-0.4, -0.2) is 26.9 Å². The Balaban J connectivity index is 1.67. The fourth-order valence-corrected chi connectivity index (χ4v) is 4.78. The summed E-state index contributed by atoms with van der Waals surface area (Å²) in [5.74, 6) is -1.35. The molecular formula is C19H15BrN2O5S2. The average molecular weight is 495 g/mol. The highest BCUT2D eigenvalue weighted by Gasteiger charge is 2.20. The van der Waals surface area contributed by atoms with Gasteiger partial charge < -0.3 is 10.1 Å². The van der Waals surface area contributed by atoms with Crippen LogP contribution in [0, 0.1) is 0 Å². The van der Waals surface area contributed by atoms with E-state index in [1.165, 1.54) is 18.2 Å². The van der Waals surface area contributed by atoms with Crippen molar-refractivity contribution in [3.05, 3.63) is 76.1 Å². The number of para-hydroxylation sites is 2. The maximum Gasteiger partial charge on any atom is 0.340 e. The van der Waals surface area contributed by atoms with Crippen molar-refractivity contribution in [2.24, 2.45) is 0 Å². The second kappa shape index (κ2) is 9.21. The van der Waals surface area contributed by atoms with Crippen molar-refractivity contribution in [1.82, 2.24) is 0 Å². The van der Waals surface area contributed by atoms with Gasteiger partial charge in [0.15, 0.2) is 6.61 Å². The Hall–Kier alpha value is -2.69. The molecule has 0 radical (unpaired) electrons. The Morgan fingerprint density at radius 1 is 0.966 bits per heavy atom. The Bertz CT molecular complexity index is 1130. The van der Waals surface area contributed by atoms with Gasteiger partial charge >= 0.3 is 5.97 Å². The Morgan fingerprint density at radius 3 is 2.34 bits per heavy atom. The number of ether oxygens (including phenoxy) is 1. The average Bonchev–Trinajstić information content (AvgIpc) is 3.24. The van der Waals surface area contributed by atoms with Crippen LogP contribution < -0.4 is 10.0 Å². The summed E-state index contributed by atoms with van der Waals surface area (Å²) in [6, 6.07) is 16.1. The minimum absolute atomic E-state index is 0.00122. The summed E-state index contributed by atoms with van der Waals surface area (Å²) in [4.78, 5) is 24.5. The number of hydrogen-bond donors (Lipinski definition) is 2. The van der Waals surface area contributed by atoms with E-state index in [2.05, 4.69) is 26.0 Å². The van der Waals surface area contributed by atoms with Crippen LogP contribution in [0.25, 0.3) is 0 Å². The number of esters is 1. The van der Waals surface area contributed by atoms with Gasteiger partial charge in [-0.25, -0.2) is 13.2 Å². The summed E-state index contributed by atoms with van der Waals surface area (Å²) >= 11 is 4.36. The Morgan fingerprint density at radius 2 is 1.66 bits per heavy atom. The van der Waals surface area contributed by atoms with Crippen LogP contribution in [0.4, 0.5) is 11.4 Å². The van der Waals surface area contributed by atoms with E-state index in [-0.39, 0.29) is 15.5 Å². The molecule has 10 heteroatoms. The summed E-state index contributed by atoms with van der Waals surface area (Å²) in [5, 5.41) is 4.25. The van der Waals surface area contributed by atoms with Crippen molar-refractivity contribution in [2.45, 2.75) is 4.21 Å². The standard InChI is InChI=1S/C19H15BrN2O5S2/c20-14-7-2-4-9-16(14)21-17(23)12-27-19(24)13-6-1-3-8-15(13)22-29(25,26)18-10-5-11-28-18/h1-11,22H,12H2,(H,21,23). The molecule has 0 aliphatic carbocycles. The first kappa shape index (κ1) is 21.0. The van der Waals surface area contributed by atoms with Crippen LogP contribution in [0.5, 0.6) is 0 Å². The molecular weight excluding hydrogens is 480 g/mol. The van der Waals surface area contributed by atoms with Crippen molar-refractivity contribution in [1.29, 1.82) is 0 Å². The molecule has 0 aliphatic rings. The molecule has 1 aromatic heterocycles. The Kier molecular flexibility index (Phi) is 6.68. The molecule has 0 saturated carbocycles. The third kappa shape index (κ3) is 5.43. The molecule has 0 bridgehead atoms. The zero-order valence-corrected chi connectivity index (χ0v) is 18.0. The molecule has 0 fully saturated rings. The summed E-state index contributed by atoms with van der Waals surface area (Å²) in [5.41, 5.74) is 0.607. The molecule has 1 heterocycles. The molecule has 150 valence electrons. The lowest BCUT2D eigenvalue weighted by molar-refractivity contribution is -0.119. The first-order valence-corrected chi connectivity index (χ1v) is 11.4. The molecule has 1 amide bonds. The van der Waals surface area contributed by atoms with Crippen LogP contribution in [0.3, 0.4) is 0 Å². The predicted molar refractivity (Wildman–Crippen MR) is 115 cm³/mol. The number of nitrogens with one attached hydrogen (secondary N) is 2. The minimum Gasteiger partial charge on any atom is -0.452 e. The zero-order chi connectivity index (χ0) is 20.9. The number of amides is 1. The maximum absolute atomic E-state index is 12.4. The van der Waals surface area contributed by atoms with Crippen LogP contribution in [0.15, 0.2) is 74.7 Å². The molecule has 0 aliphatic heterocycles. The van der Waals surface area contributed by atoms with Gasteiger partial charge in [-0.2, -0.15) is 0 Å². The predicted octanol–water partition coefficient (Wildman–Crippen LogP) is 4.11. The van der Waals surface area contributed by atoms with E-state index in [1.807, 2.05) is 0 Å². The molecule has 0 atom stereocenters. The Labute approximate surface area is 179 Å². The second-order valence-electron chi connectivity index (χ2n) is 5.69. The van der Waals surface area contributed by atoms with Gasteiger partial charge in [0.2, 0.25) is 0 Å². The highest BCUT2D eigenvalue weighted by molar-refractivity contribution is 9.10. The number of thiophene rings is 1. The van der Waals surface area contributed by atoms with E-state index >= 15 is 0 Å². The van der Waals surface area contributed by atoms with Crippen LogP contribution in [0.2, 0.25) is 0 Å². The number of carbonyl (C=O) groups excluding carboxylic acids is 2. The van der Waals surface area contributed by atoms with E-state index in [9.17, 15) is 18.0 Å². The normalized spacial score (nSPS) is 10.9. The van der Waals surface area contributed by atoms with Gasteiger partial charge in [0.05, 0.1) is 16.9 Å². The largest absolute Gasteiger partial charge is 0.452 e. The maximum atomic E-state index is 12.4. The first-order chi connectivity index (χ1) is 13.9. The van der Waals surface area contributed by atoms with E-state index in [0.29, 0.717) is 10.2 Å². The van der Waals surface area contributed by atoms with Crippen LogP contribution in [0.1, 0.15) is 10.4 Å². The number of hydrogen-bond acceptors (Lipinski definition) is 6. The molecule has 2 aromatic carbocycles. The highest BCUT2D eigenvalue weighted by atomic mass is 79.9. The molecule has 0 unspecified atom stereocenters. The van der Waals surface area contributed by atoms with E-state index in [4.69, 9.17) is 4.74 Å². The van der Waals surface area contributed by atoms with E-state index in [1.54, 1.807) is 47.8 Å². The third-order valence-electron chi connectivity index (χ3n) is 3.63. The van der Waals surface area contributed by atoms with Crippen molar-refractivity contribution < 1.29 is 22.7 Å². The molecule has 3 rings (SSSR count). The lowest BCUT2D eigenvalue weighted by atomic mass is 10.2. The smallest absolute Gasteiger partial charge is 0.340 e. The lowest BCUT2D eigenvalue weighted by Crippen LogP contribution is -2.22. The van der Waals surface area contributed by atoms with Gasteiger partial charge in [-0.05, 0) is 51.6 Å². The number of rotatable bonds is 7. The van der Waals surface area contributed by atoms with Gasteiger partial charge in [0.1, 0.15) is 4.21 Å². The summed E-state index contributed by atoms with van der Waals surface area (Å²) in [6.07, 6.45) is 0. The lowest BCUT2D eigenvalue weighted by Gasteiger charge is -2.12. The molecule has 0 saturated heterocycles. The molecule has 3 aromatic rings. The van der Waals surface area contributed by atoms with Gasteiger partial charge in [0.25, 0.3) is 15.9 Å². The molecule has 2 N–H and O–H groups in total. The number of benzene rings is 2. The van der Waals surface area contributed by atoms with Crippen LogP contribution >= 0.6 is 27.3 Å². The fraction of sp³-hybridized carbons (Fsp3) is 0.0526. The topological polar surface area (TPSA) is 102 Å². The quantitative estimate of drug-likeness (QED) is 0.481. The molecule has 7 nitrogen and oxygen atoms in total. The van der Waals surface area contributed by atoms with Crippen molar-refractivity contribution in [2.75, 3.05) is 16.6 Å². The number of sulfonamides is 1. The number of carbonyl (C=O) groups is 2. The zero-order valence-electron chi connectivity index (χ0n) is 14.8. The third-order valence-corrected chi connectivity index (χ3v) is 7.09. The number of anilines is 2. The fourth-order valence-electron chi connectivity index (χ4n) is 2.32. The van der Waals surface area contributed by atoms with Crippen LogP contribution in [-0.2, 0) is 19.6 Å². The van der Waals surface area contributed by atoms with Gasteiger partial charge in [-0.1, -0.05) is 30.3 Å². The second-order valence-corrected chi connectivity index (χ2v) is 9.40. The van der Waals surface area contributed by atoms with Crippen molar-refractivity contribution in [3.63, 3.8) is 0 Å². The minimum atomic E-state index is -3.83. The van der Waals surface area contributed by atoms with Crippen molar-refractivity contribution >= 4 is 60.5 Å². The van der Waals surface area contributed by atoms with Crippen molar-refractivity contribution in [3.8, 4) is 0 Å². The first-order valence-electron chi connectivity index (χ1n) is 8.24. The summed E-state index contributed by atoms with van der Waals surface area (Å²) in [6.45, 7) is -0.522. The molecule has 0 spiro atoms. The van der Waals surface area contributed by atoms with Gasteiger partial charge in [-0.15, -0.1) is 11.3 Å². The monoisotopic (exact) mass is 494 g/mol. The van der Waals surface area contributed by atoms with E-state index < -0.39 is 28.5 Å².